The lowest BCUT2D eigenvalue weighted by Crippen LogP contribution is -2.20. The molecule has 0 saturated carbocycles. The fraction of sp³-hybridized carbons (Fsp3) is 0.0800. The van der Waals surface area contributed by atoms with Crippen molar-refractivity contribution in [3.05, 3.63) is 85.3 Å². The Labute approximate surface area is 230 Å². The third kappa shape index (κ3) is 7.39. The molecule has 0 aromatic heterocycles. The zero-order chi connectivity index (χ0) is 26.2. The SMILES string of the molecule is COc1cc(/C=C(/C#N)C(=O)Nc2cccc(Cl)c2)cc(Br)c1OCC(=O)Nc1ccc(Cl)c(Cl)c1. The third-order valence-corrected chi connectivity index (χ3v) is 6.12. The van der Waals surface area contributed by atoms with E-state index < -0.39 is 11.8 Å². The molecule has 0 spiro atoms. The molecule has 3 aromatic rings. The molecule has 0 heterocycles. The van der Waals surface area contributed by atoms with Gasteiger partial charge in [0.2, 0.25) is 0 Å². The molecule has 0 fully saturated rings. The minimum absolute atomic E-state index is 0.140. The fourth-order valence-electron chi connectivity index (χ4n) is 2.95. The minimum Gasteiger partial charge on any atom is -0.493 e. The Morgan fingerprint density at radius 3 is 2.44 bits per heavy atom. The number of benzene rings is 3. The summed E-state index contributed by atoms with van der Waals surface area (Å²) in [4.78, 5) is 24.9. The number of amides is 2. The summed E-state index contributed by atoms with van der Waals surface area (Å²) in [5, 5.41) is 15.9. The highest BCUT2D eigenvalue weighted by Gasteiger charge is 2.16. The Bertz CT molecular complexity index is 1390. The van der Waals surface area contributed by atoms with Crippen LogP contribution >= 0.6 is 50.7 Å². The first-order valence-electron chi connectivity index (χ1n) is 10.1. The summed E-state index contributed by atoms with van der Waals surface area (Å²) in [7, 11) is 1.43. The van der Waals surface area contributed by atoms with Gasteiger partial charge in [-0.1, -0.05) is 40.9 Å². The van der Waals surface area contributed by atoms with E-state index in [2.05, 4.69) is 26.6 Å². The van der Waals surface area contributed by atoms with Crippen molar-refractivity contribution in [2.24, 2.45) is 0 Å². The smallest absolute Gasteiger partial charge is 0.266 e. The van der Waals surface area contributed by atoms with Crippen LogP contribution in [0.5, 0.6) is 11.5 Å². The molecule has 0 atom stereocenters. The summed E-state index contributed by atoms with van der Waals surface area (Å²) in [6.45, 7) is -0.324. The molecule has 36 heavy (non-hydrogen) atoms. The van der Waals surface area contributed by atoms with Crippen LogP contribution < -0.4 is 20.1 Å². The van der Waals surface area contributed by atoms with Gasteiger partial charge in [0.1, 0.15) is 11.6 Å². The van der Waals surface area contributed by atoms with E-state index in [0.717, 1.165) is 0 Å². The van der Waals surface area contributed by atoms with Gasteiger partial charge >= 0.3 is 0 Å². The van der Waals surface area contributed by atoms with Gasteiger partial charge in [0.15, 0.2) is 18.1 Å². The van der Waals surface area contributed by atoms with Crippen LogP contribution in [0.1, 0.15) is 5.56 Å². The first kappa shape index (κ1) is 27.4. The van der Waals surface area contributed by atoms with Crippen molar-refractivity contribution in [3.8, 4) is 17.6 Å². The van der Waals surface area contributed by atoms with Gasteiger partial charge in [0, 0.05) is 16.4 Å². The van der Waals surface area contributed by atoms with Crippen molar-refractivity contribution in [2.45, 2.75) is 0 Å². The largest absolute Gasteiger partial charge is 0.493 e. The lowest BCUT2D eigenvalue weighted by molar-refractivity contribution is -0.118. The molecular weight excluding hydrogens is 593 g/mol. The highest BCUT2D eigenvalue weighted by molar-refractivity contribution is 9.10. The Hall–Kier alpha value is -3.22. The van der Waals surface area contributed by atoms with Crippen LogP contribution in [0.2, 0.25) is 15.1 Å². The number of nitriles is 1. The van der Waals surface area contributed by atoms with Gasteiger partial charge in [-0.05, 0) is 76.1 Å². The summed E-state index contributed by atoms with van der Waals surface area (Å²) < 4.78 is 11.5. The number of halogens is 4. The van der Waals surface area contributed by atoms with E-state index >= 15 is 0 Å². The third-order valence-electron chi connectivity index (χ3n) is 4.56. The maximum atomic E-state index is 12.6. The van der Waals surface area contributed by atoms with Crippen LogP contribution in [-0.4, -0.2) is 25.5 Å². The minimum atomic E-state index is -0.603. The van der Waals surface area contributed by atoms with Gasteiger partial charge in [-0.25, -0.2) is 0 Å². The van der Waals surface area contributed by atoms with E-state index in [4.69, 9.17) is 44.3 Å². The van der Waals surface area contributed by atoms with Gasteiger partial charge < -0.3 is 20.1 Å². The number of methoxy groups -OCH3 is 1. The van der Waals surface area contributed by atoms with E-state index in [1.807, 2.05) is 6.07 Å². The summed E-state index contributed by atoms with van der Waals surface area (Å²) in [5.41, 5.74) is 1.27. The van der Waals surface area contributed by atoms with Crippen molar-refractivity contribution < 1.29 is 19.1 Å². The van der Waals surface area contributed by atoms with E-state index in [1.54, 1.807) is 48.5 Å². The summed E-state index contributed by atoms with van der Waals surface area (Å²) in [6.07, 6.45) is 1.40. The van der Waals surface area contributed by atoms with Crippen molar-refractivity contribution in [1.82, 2.24) is 0 Å². The van der Waals surface area contributed by atoms with Crippen LogP contribution in [0, 0.1) is 11.3 Å². The summed E-state index contributed by atoms with van der Waals surface area (Å²) in [5.74, 6) is -0.490. The van der Waals surface area contributed by atoms with Crippen LogP contribution in [0.15, 0.2) is 64.6 Å². The second-order valence-electron chi connectivity index (χ2n) is 7.13. The first-order chi connectivity index (χ1) is 17.2. The molecule has 2 amide bonds. The maximum Gasteiger partial charge on any atom is 0.266 e. The number of carbonyl (C=O) groups is 2. The number of ether oxygens (including phenoxy) is 2. The second kappa shape index (κ2) is 12.7. The van der Waals surface area contributed by atoms with Crippen LogP contribution in [-0.2, 0) is 9.59 Å². The lowest BCUT2D eigenvalue weighted by atomic mass is 10.1. The van der Waals surface area contributed by atoms with Crippen molar-refractivity contribution >= 4 is 80.0 Å². The Morgan fingerprint density at radius 1 is 1.03 bits per heavy atom. The lowest BCUT2D eigenvalue weighted by Gasteiger charge is -2.14. The second-order valence-corrected chi connectivity index (χ2v) is 9.24. The maximum absolute atomic E-state index is 12.6. The quantitative estimate of drug-likeness (QED) is 0.212. The highest BCUT2D eigenvalue weighted by atomic mass is 79.9. The van der Waals surface area contributed by atoms with E-state index in [-0.39, 0.29) is 23.7 Å². The number of carbonyl (C=O) groups excluding carboxylic acids is 2. The zero-order valence-electron chi connectivity index (χ0n) is 18.6. The Balaban J connectivity index is 1.73. The molecule has 3 aromatic carbocycles. The molecular formula is C25H17BrCl3N3O4. The van der Waals surface area contributed by atoms with E-state index in [0.29, 0.717) is 36.5 Å². The van der Waals surface area contributed by atoms with Crippen LogP contribution in [0.25, 0.3) is 6.08 Å². The van der Waals surface area contributed by atoms with Gasteiger partial charge in [0.25, 0.3) is 11.8 Å². The average molecular weight is 610 g/mol. The topological polar surface area (TPSA) is 100 Å². The Kier molecular flexibility index (Phi) is 9.62. The number of hydrogen-bond donors (Lipinski definition) is 2. The predicted molar refractivity (Wildman–Crippen MR) is 145 cm³/mol. The normalized spacial score (nSPS) is 10.8. The van der Waals surface area contributed by atoms with Gasteiger partial charge in [0.05, 0.1) is 21.6 Å². The van der Waals surface area contributed by atoms with Gasteiger partial charge in [-0.2, -0.15) is 5.26 Å². The first-order valence-corrected chi connectivity index (χ1v) is 12.1. The van der Waals surface area contributed by atoms with Crippen molar-refractivity contribution in [2.75, 3.05) is 24.4 Å². The monoisotopic (exact) mass is 607 g/mol. The standard InChI is InChI=1S/C25H17BrCl3N3O4/c1-35-22-9-14(7-15(12-30)25(34)32-17-4-2-3-16(27)10-17)8-19(26)24(22)36-13-23(33)31-18-5-6-20(28)21(29)11-18/h2-11H,13H2,1H3,(H,31,33)(H,32,34)/b15-7-. The van der Waals surface area contributed by atoms with Crippen LogP contribution in [0.3, 0.4) is 0 Å². The fourth-order valence-corrected chi connectivity index (χ4v) is 4.01. The molecule has 0 aliphatic carbocycles. The molecule has 0 aliphatic rings. The number of nitrogens with zero attached hydrogens (tertiary/aromatic N) is 1. The molecule has 0 unspecified atom stereocenters. The molecule has 184 valence electrons. The van der Waals surface area contributed by atoms with Gasteiger partial charge in [-0.3, -0.25) is 9.59 Å². The number of hydrogen-bond acceptors (Lipinski definition) is 5. The average Bonchev–Trinajstić information content (AvgIpc) is 2.83. The molecule has 0 saturated heterocycles. The number of anilines is 2. The highest BCUT2D eigenvalue weighted by Crippen LogP contribution is 2.37. The molecule has 0 radical (unpaired) electrons. The summed E-state index contributed by atoms with van der Waals surface area (Å²) >= 11 is 21.2. The van der Waals surface area contributed by atoms with E-state index in [1.165, 1.54) is 19.3 Å². The van der Waals surface area contributed by atoms with Gasteiger partial charge in [-0.15, -0.1) is 0 Å². The Morgan fingerprint density at radius 2 is 1.78 bits per heavy atom. The zero-order valence-corrected chi connectivity index (χ0v) is 22.4. The van der Waals surface area contributed by atoms with Crippen molar-refractivity contribution in [3.63, 3.8) is 0 Å². The molecule has 0 aliphatic heterocycles. The summed E-state index contributed by atoms with van der Waals surface area (Å²) in [6, 6.07) is 16.4. The number of nitrogens with one attached hydrogen (secondary N) is 2. The molecule has 2 N–H and O–H groups in total. The molecule has 7 nitrogen and oxygen atoms in total. The molecule has 0 bridgehead atoms. The number of rotatable bonds is 8. The van der Waals surface area contributed by atoms with E-state index in [9.17, 15) is 14.9 Å². The molecule has 11 heteroatoms. The van der Waals surface area contributed by atoms with Crippen molar-refractivity contribution in [1.29, 1.82) is 5.26 Å². The molecule has 3 rings (SSSR count). The van der Waals surface area contributed by atoms with Crippen LogP contribution in [0.4, 0.5) is 11.4 Å². The predicted octanol–water partition coefficient (Wildman–Crippen LogP) is 6.98.